The third kappa shape index (κ3) is 5.04. The first-order chi connectivity index (χ1) is 14.1. The highest BCUT2D eigenvalue weighted by atomic mass is 79.9. The number of fused-ring (bicyclic) bond motifs is 1. The van der Waals surface area contributed by atoms with Crippen LogP contribution in [0.25, 0.3) is 20.9 Å². The first-order valence-corrected chi connectivity index (χ1v) is 11.1. The predicted octanol–water partition coefficient (Wildman–Crippen LogP) is 5.88. The Kier molecular flexibility index (Phi) is 6.56. The van der Waals surface area contributed by atoms with Crippen LogP contribution in [0.3, 0.4) is 0 Å². The third-order valence-corrected chi connectivity index (χ3v) is 5.53. The molecule has 3 aromatic rings. The van der Waals surface area contributed by atoms with Crippen LogP contribution in [-0.4, -0.2) is 45.9 Å². The van der Waals surface area contributed by atoms with E-state index in [9.17, 15) is 9.59 Å². The van der Waals surface area contributed by atoms with Gasteiger partial charge >= 0.3 is 12.2 Å². The smallest absolute Gasteiger partial charge is 0.420 e. The van der Waals surface area contributed by atoms with E-state index < -0.39 is 17.8 Å². The molecule has 0 N–H and O–H groups in total. The second-order valence-electron chi connectivity index (χ2n) is 7.67. The molecule has 0 fully saturated rings. The van der Waals surface area contributed by atoms with E-state index in [0.29, 0.717) is 22.7 Å². The SMILES string of the molecule is CCCN(Cc1nc(-c2cc3oc(Br)cc3s2)cn1C(=O)OC(C)(C)C)C(=O)OC. The van der Waals surface area contributed by atoms with E-state index in [1.807, 2.05) is 19.1 Å². The lowest BCUT2D eigenvalue weighted by atomic mass is 10.2. The molecule has 0 aromatic carbocycles. The molecule has 0 aliphatic heterocycles. The van der Waals surface area contributed by atoms with Crippen molar-refractivity contribution in [3.63, 3.8) is 0 Å². The number of ether oxygens (including phenoxy) is 2. The van der Waals surface area contributed by atoms with Gasteiger partial charge in [0.15, 0.2) is 4.67 Å². The highest BCUT2D eigenvalue weighted by Gasteiger charge is 2.25. The molecule has 0 bridgehead atoms. The second kappa shape index (κ2) is 8.81. The molecule has 0 unspecified atom stereocenters. The predicted molar refractivity (Wildman–Crippen MR) is 118 cm³/mol. The summed E-state index contributed by atoms with van der Waals surface area (Å²) in [6.07, 6.45) is 1.34. The first-order valence-electron chi connectivity index (χ1n) is 9.45. The molecule has 0 aliphatic rings. The van der Waals surface area contributed by atoms with Crippen molar-refractivity contribution in [2.24, 2.45) is 0 Å². The number of hydrogen-bond acceptors (Lipinski definition) is 7. The normalized spacial score (nSPS) is 11.7. The lowest BCUT2D eigenvalue weighted by Gasteiger charge is -2.22. The second-order valence-corrected chi connectivity index (χ2v) is 9.54. The van der Waals surface area contributed by atoms with Gasteiger partial charge in [-0.1, -0.05) is 6.92 Å². The summed E-state index contributed by atoms with van der Waals surface area (Å²) in [6.45, 7) is 7.94. The van der Waals surface area contributed by atoms with Crippen LogP contribution in [0.1, 0.15) is 39.9 Å². The summed E-state index contributed by atoms with van der Waals surface area (Å²) in [5, 5.41) is 0. The van der Waals surface area contributed by atoms with E-state index in [1.165, 1.54) is 27.9 Å². The van der Waals surface area contributed by atoms with Crippen molar-refractivity contribution in [1.29, 1.82) is 0 Å². The number of carbonyl (C=O) groups excluding carboxylic acids is 2. The van der Waals surface area contributed by atoms with Crippen molar-refractivity contribution in [1.82, 2.24) is 14.5 Å². The molecule has 0 saturated heterocycles. The number of halogens is 1. The molecule has 1 amide bonds. The Bertz CT molecular complexity index is 1030. The van der Waals surface area contributed by atoms with Crippen LogP contribution in [0.2, 0.25) is 0 Å². The van der Waals surface area contributed by atoms with Crippen LogP contribution in [0.4, 0.5) is 9.59 Å². The zero-order valence-electron chi connectivity index (χ0n) is 17.5. The van der Waals surface area contributed by atoms with Crippen molar-refractivity contribution >= 4 is 49.7 Å². The average Bonchev–Trinajstić information content (AvgIpc) is 3.31. The van der Waals surface area contributed by atoms with Crippen molar-refractivity contribution in [2.45, 2.75) is 46.3 Å². The molecule has 0 radical (unpaired) electrons. The Morgan fingerprint density at radius 3 is 2.67 bits per heavy atom. The Hall–Kier alpha value is -2.33. The van der Waals surface area contributed by atoms with Crippen LogP contribution >= 0.6 is 27.3 Å². The van der Waals surface area contributed by atoms with E-state index in [2.05, 4.69) is 20.9 Å². The molecular weight excluding hydrogens is 474 g/mol. The van der Waals surface area contributed by atoms with Gasteiger partial charge in [0.25, 0.3) is 0 Å². The number of nitrogens with zero attached hydrogens (tertiary/aromatic N) is 3. The van der Waals surface area contributed by atoms with Gasteiger partial charge in [-0.05, 0) is 43.1 Å². The highest BCUT2D eigenvalue weighted by molar-refractivity contribution is 9.10. The number of furan rings is 1. The minimum atomic E-state index is -0.667. The van der Waals surface area contributed by atoms with Gasteiger partial charge in [-0.15, -0.1) is 11.3 Å². The van der Waals surface area contributed by atoms with Crippen molar-refractivity contribution in [3.05, 3.63) is 28.8 Å². The van der Waals surface area contributed by atoms with Crippen LogP contribution < -0.4 is 0 Å². The molecule has 0 spiro atoms. The molecule has 0 saturated carbocycles. The van der Waals surface area contributed by atoms with Crippen LogP contribution in [0.5, 0.6) is 0 Å². The van der Waals surface area contributed by atoms with Crippen molar-refractivity contribution in [3.8, 4) is 10.6 Å². The Labute approximate surface area is 186 Å². The van der Waals surface area contributed by atoms with Crippen molar-refractivity contribution in [2.75, 3.05) is 13.7 Å². The third-order valence-electron chi connectivity index (χ3n) is 4.06. The molecule has 30 heavy (non-hydrogen) atoms. The molecular formula is C20H24BrN3O5S. The molecule has 8 nitrogen and oxygen atoms in total. The highest BCUT2D eigenvalue weighted by Crippen LogP contribution is 2.36. The lowest BCUT2D eigenvalue weighted by molar-refractivity contribution is 0.0525. The van der Waals surface area contributed by atoms with Gasteiger partial charge in [0.1, 0.15) is 17.0 Å². The number of rotatable bonds is 5. The summed E-state index contributed by atoms with van der Waals surface area (Å²) < 4.78 is 19.0. The largest absolute Gasteiger partial charge is 0.453 e. The molecule has 3 heterocycles. The summed E-state index contributed by atoms with van der Waals surface area (Å²) in [5.41, 5.74) is 0.668. The molecule has 162 valence electrons. The fraction of sp³-hybridized carbons (Fsp3) is 0.450. The summed E-state index contributed by atoms with van der Waals surface area (Å²) in [6, 6.07) is 3.76. The minimum absolute atomic E-state index is 0.118. The number of imidazole rings is 1. The Balaban J connectivity index is 2.00. The molecule has 10 heteroatoms. The number of thiophene rings is 1. The lowest BCUT2D eigenvalue weighted by Crippen LogP contribution is -2.34. The number of carbonyl (C=O) groups is 2. The maximum atomic E-state index is 12.8. The summed E-state index contributed by atoms with van der Waals surface area (Å²) in [4.78, 5) is 31.9. The van der Waals surface area contributed by atoms with Gasteiger partial charge in [-0.25, -0.2) is 19.1 Å². The number of aromatic nitrogens is 2. The van der Waals surface area contributed by atoms with Gasteiger partial charge < -0.3 is 18.8 Å². The molecule has 0 atom stereocenters. The summed E-state index contributed by atoms with van der Waals surface area (Å²) in [7, 11) is 1.33. The van der Waals surface area contributed by atoms with E-state index in [-0.39, 0.29) is 6.54 Å². The maximum Gasteiger partial charge on any atom is 0.420 e. The zero-order chi connectivity index (χ0) is 22.1. The average molecular weight is 498 g/mol. The van der Waals surface area contributed by atoms with Gasteiger partial charge in [-0.3, -0.25) is 0 Å². The van der Waals surface area contributed by atoms with Crippen LogP contribution in [0.15, 0.2) is 27.4 Å². The molecule has 3 aromatic heterocycles. The number of hydrogen-bond donors (Lipinski definition) is 0. The van der Waals surface area contributed by atoms with Gasteiger partial charge in [-0.2, -0.15) is 0 Å². The fourth-order valence-corrected chi connectivity index (χ4v) is 4.38. The van der Waals surface area contributed by atoms with Gasteiger partial charge in [0.05, 0.1) is 28.9 Å². The quantitative estimate of drug-likeness (QED) is 0.437. The summed E-state index contributed by atoms with van der Waals surface area (Å²) in [5.74, 6) is 0.393. The Morgan fingerprint density at radius 1 is 1.33 bits per heavy atom. The minimum Gasteiger partial charge on any atom is -0.453 e. The van der Waals surface area contributed by atoms with Crippen LogP contribution in [0, 0.1) is 0 Å². The first kappa shape index (κ1) is 22.4. The van der Waals surface area contributed by atoms with Gasteiger partial charge in [0.2, 0.25) is 0 Å². The van der Waals surface area contributed by atoms with E-state index in [1.54, 1.807) is 27.0 Å². The molecule has 0 aliphatic carbocycles. The fourth-order valence-electron chi connectivity index (χ4n) is 2.86. The monoisotopic (exact) mass is 497 g/mol. The van der Waals surface area contributed by atoms with Crippen molar-refractivity contribution < 1.29 is 23.5 Å². The zero-order valence-corrected chi connectivity index (χ0v) is 19.9. The number of amides is 1. The van der Waals surface area contributed by atoms with E-state index in [4.69, 9.17) is 13.9 Å². The van der Waals surface area contributed by atoms with E-state index in [0.717, 1.165) is 21.6 Å². The van der Waals surface area contributed by atoms with E-state index >= 15 is 0 Å². The van der Waals surface area contributed by atoms with Gasteiger partial charge in [0, 0.05) is 24.9 Å². The standard InChI is InChI=1S/C20H24BrN3O5S/c1-6-7-23(18(25)27-5)11-17-22-12(10-24(17)19(26)29-20(2,3)4)14-8-13-15(30-14)9-16(21)28-13/h8-10H,6-7,11H2,1-5H3. The van der Waals surface area contributed by atoms with Crippen LogP contribution in [-0.2, 0) is 16.0 Å². The molecule has 3 rings (SSSR count). The maximum absolute atomic E-state index is 12.8. The topological polar surface area (TPSA) is 86.8 Å². The number of methoxy groups -OCH3 is 1. The summed E-state index contributed by atoms with van der Waals surface area (Å²) >= 11 is 4.82. The Morgan fingerprint density at radius 2 is 2.07 bits per heavy atom.